The van der Waals surface area contributed by atoms with Gasteiger partial charge in [0, 0.05) is 0 Å². The molecule has 0 saturated heterocycles. The minimum Gasteiger partial charge on any atom is -0.467 e. The summed E-state index contributed by atoms with van der Waals surface area (Å²) in [5.74, 6) is 0.790. The van der Waals surface area contributed by atoms with Crippen molar-refractivity contribution in [2.24, 2.45) is 0 Å². The van der Waals surface area contributed by atoms with Crippen molar-refractivity contribution in [1.82, 2.24) is 15.4 Å². The average molecular weight is 417 g/mol. The Morgan fingerprint density at radius 1 is 1.13 bits per heavy atom. The van der Waals surface area contributed by atoms with Gasteiger partial charge < -0.3 is 8.83 Å². The first-order chi connectivity index (χ1) is 14.7. The molecule has 2 aromatic carbocycles. The number of furan rings is 1. The minimum absolute atomic E-state index is 0.0954. The number of amides is 1. The number of carbonyl (C=O) groups excluding carboxylic acids is 1. The molecule has 150 valence electrons. The van der Waals surface area contributed by atoms with Gasteiger partial charge in [-0.2, -0.15) is 0 Å². The molecule has 1 amide bonds. The van der Waals surface area contributed by atoms with Crippen LogP contribution in [0.1, 0.15) is 22.9 Å². The van der Waals surface area contributed by atoms with Crippen LogP contribution >= 0.6 is 11.8 Å². The number of carbonyl (C=O) groups is 1. The highest BCUT2D eigenvalue weighted by Crippen LogP contribution is 2.33. The van der Waals surface area contributed by atoms with E-state index in [1.807, 2.05) is 73.7 Å². The summed E-state index contributed by atoms with van der Waals surface area (Å²) in [7, 11) is 0. The Labute approximate surface area is 177 Å². The molecule has 6 nitrogen and oxygen atoms in total. The molecule has 0 radical (unpaired) electrons. The SMILES string of the molecule is Cc1ccc(C2=C[C@@H](c3ccco3)N(C(=O)CSc3nc4ccccc4o3)N2)cc1. The molecule has 0 saturated carbocycles. The van der Waals surface area contributed by atoms with Gasteiger partial charge in [0.2, 0.25) is 0 Å². The van der Waals surface area contributed by atoms with E-state index in [1.54, 1.807) is 11.3 Å². The molecule has 5 rings (SSSR count). The highest BCUT2D eigenvalue weighted by Gasteiger charge is 2.32. The average Bonchev–Trinajstić information content (AvgIpc) is 3.51. The van der Waals surface area contributed by atoms with E-state index in [1.165, 1.54) is 17.3 Å². The molecule has 0 bridgehead atoms. The van der Waals surface area contributed by atoms with Crippen molar-refractivity contribution in [3.8, 4) is 0 Å². The molecule has 2 aromatic heterocycles. The van der Waals surface area contributed by atoms with Crippen LogP contribution in [0.4, 0.5) is 0 Å². The molecule has 0 aliphatic carbocycles. The third-order valence-corrected chi connectivity index (χ3v) is 5.72. The number of oxazole rings is 1. The molecule has 1 aliphatic rings. The second-order valence-corrected chi connectivity index (χ2v) is 7.94. The van der Waals surface area contributed by atoms with Gasteiger partial charge in [0.15, 0.2) is 5.58 Å². The number of benzene rings is 2. The Balaban J connectivity index is 1.35. The van der Waals surface area contributed by atoms with Crippen LogP contribution in [0.25, 0.3) is 16.8 Å². The summed E-state index contributed by atoms with van der Waals surface area (Å²) in [6, 6.07) is 19.1. The molecule has 30 heavy (non-hydrogen) atoms. The van der Waals surface area contributed by atoms with Gasteiger partial charge in [-0.05, 0) is 42.8 Å². The Morgan fingerprint density at radius 3 is 2.73 bits per heavy atom. The summed E-state index contributed by atoms with van der Waals surface area (Å²) in [6.45, 7) is 2.05. The van der Waals surface area contributed by atoms with E-state index in [2.05, 4.69) is 10.4 Å². The lowest BCUT2D eigenvalue weighted by atomic mass is 10.1. The molecule has 0 spiro atoms. The van der Waals surface area contributed by atoms with E-state index in [9.17, 15) is 4.79 Å². The zero-order chi connectivity index (χ0) is 20.5. The van der Waals surface area contributed by atoms with Gasteiger partial charge in [0.05, 0.1) is 17.7 Å². The summed E-state index contributed by atoms with van der Waals surface area (Å²) >= 11 is 1.28. The third kappa shape index (κ3) is 3.59. The smallest absolute Gasteiger partial charge is 0.257 e. The van der Waals surface area contributed by atoms with E-state index in [0.29, 0.717) is 16.6 Å². The number of thioether (sulfide) groups is 1. The van der Waals surface area contributed by atoms with Crippen LogP contribution in [0, 0.1) is 6.92 Å². The fourth-order valence-electron chi connectivity index (χ4n) is 3.36. The molecule has 7 heteroatoms. The largest absolute Gasteiger partial charge is 0.467 e. The summed E-state index contributed by atoms with van der Waals surface area (Å²) in [5, 5.41) is 2.08. The van der Waals surface area contributed by atoms with Crippen molar-refractivity contribution in [2.75, 3.05) is 5.75 Å². The first-order valence-corrected chi connectivity index (χ1v) is 10.6. The van der Waals surface area contributed by atoms with Crippen molar-refractivity contribution in [3.05, 3.63) is 89.9 Å². The van der Waals surface area contributed by atoms with E-state index in [0.717, 1.165) is 16.8 Å². The number of nitrogens with one attached hydrogen (secondary N) is 1. The van der Waals surface area contributed by atoms with Gasteiger partial charge in [-0.15, -0.1) is 0 Å². The van der Waals surface area contributed by atoms with Crippen LogP contribution < -0.4 is 5.43 Å². The number of nitrogens with zero attached hydrogens (tertiary/aromatic N) is 2. The van der Waals surface area contributed by atoms with Crippen molar-refractivity contribution in [1.29, 1.82) is 0 Å². The zero-order valence-corrected chi connectivity index (χ0v) is 17.1. The highest BCUT2D eigenvalue weighted by atomic mass is 32.2. The van der Waals surface area contributed by atoms with Crippen LogP contribution in [0.2, 0.25) is 0 Å². The number of rotatable bonds is 5. The molecule has 0 unspecified atom stereocenters. The number of hydrogen-bond acceptors (Lipinski definition) is 6. The van der Waals surface area contributed by atoms with Crippen molar-refractivity contribution >= 4 is 34.5 Å². The molecular formula is C23H19N3O3S. The molecule has 1 aliphatic heterocycles. The second-order valence-electron chi connectivity index (χ2n) is 7.02. The summed E-state index contributed by atoms with van der Waals surface area (Å²) in [4.78, 5) is 17.5. The molecule has 3 heterocycles. The van der Waals surface area contributed by atoms with Crippen molar-refractivity contribution in [2.45, 2.75) is 18.2 Å². The lowest BCUT2D eigenvalue weighted by Crippen LogP contribution is -2.40. The van der Waals surface area contributed by atoms with Crippen LogP contribution in [0.15, 0.2) is 87.1 Å². The maximum atomic E-state index is 13.1. The molecule has 1 N–H and O–H groups in total. The zero-order valence-electron chi connectivity index (χ0n) is 16.2. The fourth-order valence-corrected chi connectivity index (χ4v) is 4.05. The van der Waals surface area contributed by atoms with Crippen molar-refractivity contribution in [3.63, 3.8) is 0 Å². The maximum absolute atomic E-state index is 13.1. The Hall–Kier alpha value is -3.45. The number of aryl methyl sites for hydroxylation is 1. The van der Waals surface area contributed by atoms with Gasteiger partial charge in [0.25, 0.3) is 11.1 Å². The predicted molar refractivity (Wildman–Crippen MR) is 115 cm³/mol. The predicted octanol–water partition coefficient (Wildman–Crippen LogP) is 4.95. The van der Waals surface area contributed by atoms with Crippen LogP contribution in [0.5, 0.6) is 0 Å². The molecule has 0 fully saturated rings. The molecule has 1 atom stereocenters. The minimum atomic E-state index is -0.326. The Bertz CT molecular complexity index is 1180. The van der Waals surface area contributed by atoms with E-state index < -0.39 is 0 Å². The normalized spacial score (nSPS) is 16.0. The summed E-state index contributed by atoms with van der Waals surface area (Å²) in [5.41, 5.74) is 7.81. The number of para-hydroxylation sites is 2. The van der Waals surface area contributed by atoms with Crippen LogP contribution in [-0.4, -0.2) is 21.7 Å². The van der Waals surface area contributed by atoms with Crippen molar-refractivity contribution < 1.29 is 13.6 Å². The molecule has 4 aromatic rings. The maximum Gasteiger partial charge on any atom is 0.257 e. The number of fused-ring (bicyclic) bond motifs is 1. The van der Waals surface area contributed by atoms with Gasteiger partial charge in [-0.1, -0.05) is 53.7 Å². The lowest BCUT2D eigenvalue weighted by molar-refractivity contribution is -0.131. The topological polar surface area (TPSA) is 71.5 Å². The van der Waals surface area contributed by atoms with Gasteiger partial charge in [0.1, 0.15) is 17.3 Å². The number of hydrazine groups is 1. The van der Waals surface area contributed by atoms with E-state index in [-0.39, 0.29) is 17.7 Å². The Morgan fingerprint density at radius 2 is 1.97 bits per heavy atom. The van der Waals surface area contributed by atoms with E-state index >= 15 is 0 Å². The lowest BCUT2D eigenvalue weighted by Gasteiger charge is -2.23. The molecular weight excluding hydrogens is 398 g/mol. The van der Waals surface area contributed by atoms with Gasteiger partial charge >= 0.3 is 0 Å². The van der Waals surface area contributed by atoms with Gasteiger partial charge in [-0.3, -0.25) is 10.2 Å². The number of aromatic nitrogens is 1. The summed E-state index contributed by atoms with van der Waals surface area (Å²) < 4.78 is 11.3. The standard InChI is InChI=1S/C23H19N3O3S/c1-15-8-10-16(11-9-15)18-13-19(21-7-4-12-28-21)26(25-18)22(27)14-30-23-24-17-5-2-3-6-20(17)29-23/h2-13,19,25H,14H2,1H3/t19-/m0/s1. The third-order valence-electron chi connectivity index (χ3n) is 4.90. The van der Waals surface area contributed by atoms with E-state index in [4.69, 9.17) is 8.83 Å². The quantitative estimate of drug-likeness (QED) is 0.463. The summed E-state index contributed by atoms with van der Waals surface area (Å²) in [6.07, 6.45) is 3.62. The first-order valence-electron chi connectivity index (χ1n) is 9.57. The van der Waals surface area contributed by atoms with Gasteiger partial charge in [-0.25, -0.2) is 9.99 Å². The Kier molecular flexibility index (Phi) is 4.80. The number of hydrogen-bond donors (Lipinski definition) is 1. The van der Waals surface area contributed by atoms with Crippen LogP contribution in [0.3, 0.4) is 0 Å². The first kappa shape index (κ1) is 18.6. The monoisotopic (exact) mass is 417 g/mol. The fraction of sp³-hybridized carbons (Fsp3) is 0.130. The van der Waals surface area contributed by atoms with Crippen LogP contribution in [-0.2, 0) is 4.79 Å². The second kappa shape index (κ2) is 7.76. The highest BCUT2D eigenvalue weighted by molar-refractivity contribution is 7.99.